The molecule has 0 saturated heterocycles. The first-order valence-electron chi connectivity index (χ1n) is 6.51. The van der Waals surface area contributed by atoms with Gasteiger partial charge < -0.3 is 15.1 Å². The van der Waals surface area contributed by atoms with Crippen LogP contribution in [0.5, 0.6) is 0 Å². The van der Waals surface area contributed by atoms with Crippen molar-refractivity contribution in [3.05, 3.63) is 36.1 Å². The Hall–Kier alpha value is -1.81. The third kappa shape index (κ3) is 3.15. The van der Waals surface area contributed by atoms with Gasteiger partial charge in [0.15, 0.2) is 0 Å². The number of fused-ring (bicyclic) bond motifs is 1. The van der Waals surface area contributed by atoms with Gasteiger partial charge in [0.2, 0.25) is 5.91 Å². The largest absolute Gasteiger partial charge is 0.464 e. The minimum Gasteiger partial charge on any atom is -0.464 e. The number of amides is 1. The van der Waals surface area contributed by atoms with E-state index in [4.69, 9.17) is 10.2 Å². The van der Waals surface area contributed by atoms with E-state index in [1.807, 2.05) is 38.2 Å². The van der Waals surface area contributed by atoms with Crippen molar-refractivity contribution in [3.8, 4) is 0 Å². The van der Waals surface area contributed by atoms with Crippen LogP contribution in [0, 0.1) is 5.92 Å². The van der Waals surface area contributed by atoms with Crippen molar-refractivity contribution in [1.29, 1.82) is 0 Å². The number of carbonyl (C=O) groups excluding carboxylic acids is 1. The Bertz CT molecular complexity index is 562. The summed E-state index contributed by atoms with van der Waals surface area (Å²) in [5.74, 6) is 0.333. The molecule has 102 valence electrons. The lowest BCUT2D eigenvalue weighted by Gasteiger charge is -2.18. The standard InChI is InChI=1S/C15H20N2O2/c1-11(8-16)7-15(18)17(2)9-12-10-19-14-6-4-3-5-13(12)14/h3-6,10-11H,7-9,16H2,1-2H3. The van der Waals surface area contributed by atoms with E-state index in [1.54, 1.807) is 11.2 Å². The Kier molecular flexibility index (Phi) is 4.22. The lowest BCUT2D eigenvalue weighted by Crippen LogP contribution is -2.29. The first-order valence-corrected chi connectivity index (χ1v) is 6.51. The Morgan fingerprint density at radius 3 is 2.89 bits per heavy atom. The SMILES string of the molecule is CC(CN)CC(=O)N(C)Cc1coc2ccccc12. The van der Waals surface area contributed by atoms with Crippen LogP contribution in [0.15, 0.2) is 34.9 Å². The van der Waals surface area contributed by atoms with Gasteiger partial charge in [0, 0.05) is 31.0 Å². The number of benzene rings is 1. The molecule has 4 heteroatoms. The Morgan fingerprint density at radius 1 is 1.42 bits per heavy atom. The van der Waals surface area contributed by atoms with Crippen molar-refractivity contribution >= 4 is 16.9 Å². The van der Waals surface area contributed by atoms with Crippen molar-refractivity contribution in [3.63, 3.8) is 0 Å². The highest BCUT2D eigenvalue weighted by atomic mass is 16.3. The summed E-state index contributed by atoms with van der Waals surface area (Å²) in [4.78, 5) is 13.7. The summed E-state index contributed by atoms with van der Waals surface area (Å²) in [7, 11) is 1.81. The van der Waals surface area contributed by atoms with Crippen molar-refractivity contribution in [2.24, 2.45) is 11.7 Å². The smallest absolute Gasteiger partial charge is 0.222 e. The van der Waals surface area contributed by atoms with Gasteiger partial charge in [0.25, 0.3) is 0 Å². The minimum absolute atomic E-state index is 0.114. The van der Waals surface area contributed by atoms with Crippen LogP contribution in [0.4, 0.5) is 0 Å². The van der Waals surface area contributed by atoms with Crippen LogP contribution in [0.2, 0.25) is 0 Å². The van der Waals surface area contributed by atoms with Crippen LogP contribution < -0.4 is 5.73 Å². The molecule has 2 N–H and O–H groups in total. The molecule has 2 aromatic rings. The molecule has 0 aliphatic heterocycles. The van der Waals surface area contributed by atoms with E-state index in [9.17, 15) is 4.79 Å². The fourth-order valence-electron chi connectivity index (χ4n) is 2.04. The number of rotatable bonds is 5. The highest BCUT2D eigenvalue weighted by Crippen LogP contribution is 2.22. The highest BCUT2D eigenvalue weighted by Gasteiger charge is 2.14. The van der Waals surface area contributed by atoms with Crippen LogP contribution in [0.25, 0.3) is 11.0 Å². The molecular formula is C15H20N2O2. The quantitative estimate of drug-likeness (QED) is 0.898. The summed E-state index contributed by atoms with van der Waals surface area (Å²) in [5.41, 5.74) is 7.43. The first-order chi connectivity index (χ1) is 9.11. The maximum Gasteiger partial charge on any atom is 0.222 e. The normalized spacial score (nSPS) is 12.6. The van der Waals surface area contributed by atoms with Gasteiger partial charge in [-0.1, -0.05) is 25.1 Å². The topological polar surface area (TPSA) is 59.5 Å². The first kappa shape index (κ1) is 13.6. The van der Waals surface area contributed by atoms with Crippen LogP contribution in [0.1, 0.15) is 18.9 Å². The van der Waals surface area contributed by atoms with Gasteiger partial charge in [0.1, 0.15) is 5.58 Å². The molecule has 0 saturated carbocycles. The summed E-state index contributed by atoms with van der Waals surface area (Å²) >= 11 is 0. The summed E-state index contributed by atoms with van der Waals surface area (Å²) in [6.45, 7) is 3.08. The number of hydrogen-bond donors (Lipinski definition) is 1. The zero-order valence-corrected chi connectivity index (χ0v) is 11.4. The molecule has 0 aliphatic rings. The molecule has 1 heterocycles. The summed E-state index contributed by atoms with van der Waals surface area (Å²) in [6.07, 6.45) is 2.21. The van der Waals surface area contributed by atoms with Crippen LogP contribution in [-0.2, 0) is 11.3 Å². The van der Waals surface area contributed by atoms with E-state index in [0.717, 1.165) is 16.5 Å². The number of hydrogen-bond acceptors (Lipinski definition) is 3. The highest BCUT2D eigenvalue weighted by molar-refractivity contribution is 5.82. The monoisotopic (exact) mass is 260 g/mol. The van der Waals surface area contributed by atoms with Gasteiger partial charge in [-0.2, -0.15) is 0 Å². The average Bonchev–Trinajstić information content (AvgIpc) is 2.82. The predicted molar refractivity (Wildman–Crippen MR) is 75.5 cm³/mol. The second-order valence-corrected chi connectivity index (χ2v) is 5.05. The van der Waals surface area contributed by atoms with Gasteiger partial charge in [-0.05, 0) is 18.5 Å². The summed E-state index contributed by atoms with van der Waals surface area (Å²) in [5, 5.41) is 1.06. The van der Waals surface area contributed by atoms with E-state index >= 15 is 0 Å². The molecule has 0 radical (unpaired) electrons. The van der Waals surface area contributed by atoms with E-state index in [2.05, 4.69) is 0 Å². The number of nitrogens with two attached hydrogens (primary N) is 1. The van der Waals surface area contributed by atoms with Crippen molar-refractivity contribution in [2.75, 3.05) is 13.6 Å². The molecule has 0 aliphatic carbocycles. The Morgan fingerprint density at radius 2 is 2.16 bits per heavy atom. The minimum atomic E-state index is 0.114. The van der Waals surface area contributed by atoms with Gasteiger partial charge in [-0.25, -0.2) is 0 Å². The number of carbonyl (C=O) groups is 1. The molecule has 4 nitrogen and oxygen atoms in total. The number of nitrogens with zero attached hydrogens (tertiary/aromatic N) is 1. The van der Waals surface area contributed by atoms with E-state index in [0.29, 0.717) is 19.5 Å². The maximum atomic E-state index is 12.0. The molecule has 19 heavy (non-hydrogen) atoms. The average molecular weight is 260 g/mol. The second-order valence-electron chi connectivity index (χ2n) is 5.05. The van der Waals surface area contributed by atoms with Crippen LogP contribution in [-0.4, -0.2) is 24.4 Å². The van der Waals surface area contributed by atoms with Crippen molar-refractivity contribution in [2.45, 2.75) is 19.9 Å². The Balaban J connectivity index is 2.06. The predicted octanol–water partition coefficient (Wildman–Crippen LogP) is 2.38. The van der Waals surface area contributed by atoms with Crippen LogP contribution in [0.3, 0.4) is 0 Å². The van der Waals surface area contributed by atoms with Crippen molar-refractivity contribution < 1.29 is 9.21 Å². The zero-order chi connectivity index (χ0) is 13.8. The number of furan rings is 1. The van der Waals surface area contributed by atoms with Gasteiger partial charge in [-0.15, -0.1) is 0 Å². The summed E-state index contributed by atoms with van der Waals surface area (Å²) in [6, 6.07) is 7.85. The second kappa shape index (κ2) is 5.89. The van der Waals surface area contributed by atoms with E-state index in [-0.39, 0.29) is 11.8 Å². The molecule has 2 rings (SSSR count). The fraction of sp³-hybridized carbons (Fsp3) is 0.400. The van der Waals surface area contributed by atoms with Crippen molar-refractivity contribution in [1.82, 2.24) is 4.90 Å². The third-order valence-electron chi connectivity index (χ3n) is 3.32. The van der Waals surface area contributed by atoms with E-state index in [1.165, 1.54) is 0 Å². The Labute approximate surface area is 113 Å². The van der Waals surface area contributed by atoms with Gasteiger partial charge in [-0.3, -0.25) is 4.79 Å². The fourth-order valence-corrected chi connectivity index (χ4v) is 2.04. The number of para-hydroxylation sites is 1. The lowest BCUT2D eigenvalue weighted by atomic mass is 10.1. The lowest BCUT2D eigenvalue weighted by molar-refractivity contribution is -0.131. The van der Waals surface area contributed by atoms with E-state index < -0.39 is 0 Å². The van der Waals surface area contributed by atoms with Gasteiger partial charge >= 0.3 is 0 Å². The van der Waals surface area contributed by atoms with Gasteiger partial charge in [0.05, 0.1) is 6.26 Å². The molecule has 0 fully saturated rings. The molecule has 1 aromatic carbocycles. The molecule has 0 bridgehead atoms. The molecule has 1 amide bonds. The zero-order valence-electron chi connectivity index (χ0n) is 11.4. The molecule has 1 atom stereocenters. The third-order valence-corrected chi connectivity index (χ3v) is 3.32. The van der Waals surface area contributed by atoms with Crippen LogP contribution >= 0.6 is 0 Å². The summed E-state index contributed by atoms with van der Waals surface area (Å²) < 4.78 is 5.47. The maximum absolute atomic E-state index is 12.0. The molecule has 1 unspecified atom stereocenters. The molecule has 0 spiro atoms. The molecular weight excluding hydrogens is 240 g/mol. The molecule has 1 aromatic heterocycles.